The Morgan fingerprint density at radius 2 is 1.77 bits per heavy atom. The summed E-state index contributed by atoms with van der Waals surface area (Å²) in [6, 6.07) is 14.8. The van der Waals surface area contributed by atoms with Crippen molar-refractivity contribution in [3.05, 3.63) is 77.4 Å². The molecule has 0 radical (unpaired) electrons. The molecule has 4 aromatic rings. The molecule has 0 fully saturated rings. The number of aromatic nitrogens is 1. The first kappa shape index (κ1) is 20.7. The van der Waals surface area contributed by atoms with Crippen molar-refractivity contribution in [3.63, 3.8) is 0 Å². The van der Waals surface area contributed by atoms with Crippen LogP contribution in [0.15, 0.2) is 54.6 Å². The summed E-state index contributed by atoms with van der Waals surface area (Å²) in [5.74, 6) is -0.406. The normalized spacial score (nSPS) is 12.0. The fourth-order valence-electron chi connectivity index (χ4n) is 3.20. The first-order valence-electron chi connectivity index (χ1n) is 9.41. The minimum Gasteiger partial charge on any atom is -0.486 e. The second-order valence-corrected chi connectivity index (χ2v) is 7.98. The lowest BCUT2D eigenvalue weighted by molar-refractivity contribution is 0.211. The summed E-state index contributed by atoms with van der Waals surface area (Å²) in [6.45, 7) is 3.20. The van der Waals surface area contributed by atoms with Crippen LogP contribution in [0.4, 0.5) is 13.6 Å². The van der Waals surface area contributed by atoms with Crippen LogP contribution in [0.25, 0.3) is 20.8 Å². The molecule has 0 spiro atoms. The van der Waals surface area contributed by atoms with Gasteiger partial charge >= 0.3 is 6.09 Å². The molecule has 1 amide bonds. The Morgan fingerprint density at radius 1 is 1.06 bits per heavy atom. The first-order valence-corrected chi connectivity index (χ1v) is 10.2. The molecule has 0 saturated carbocycles. The lowest BCUT2D eigenvalue weighted by atomic mass is 10.1. The summed E-state index contributed by atoms with van der Waals surface area (Å²) < 4.78 is 40.1. The van der Waals surface area contributed by atoms with Gasteiger partial charge in [-0.2, -0.15) is 0 Å². The third-order valence-corrected chi connectivity index (χ3v) is 5.79. The number of hydrogen-bond donors (Lipinski definition) is 1. The van der Waals surface area contributed by atoms with Crippen LogP contribution in [-0.2, 0) is 0 Å². The van der Waals surface area contributed by atoms with E-state index in [1.54, 1.807) is 56.3 Å². The van der Waals surface area contributed by atoms with Gasteiger partial charge in [0.25, 0.3) is 0 Å². The monoisotopic (exact) mass is 440 g/mol. The molecule has 5 nitrogen and oxygen atoms in total. The van der Waals surface area contributed by atoms with Gasteiger partial charge in [0.05, 0.1) is 15.8 Å². The van der Waals surface area contributed by atoms with Crippen LogP contribution < -0.4 is 15.2 Å². The maximum Gasteiger partial charge on any atom is 0.409 e. The molecule has 158 valence electrons. The summed E-state index contributed by atoms with van der Waals surface area (Å²) >= 11 is 1.44. The molecule has 0 aliphatic heterocycles. The van der Waals surface area contributed by atoms with Gasteiger partial charge in [-0.05, 0) is 67.9 Å². The highest BCUT2D eigenvalue weighted by atomic mass is 32.1. The van der Waals surface area contributed by atoms with Crippen LogP contribution in [0.2, 0.25) is 0 Å². The Balaban J connectivity index is 1.58. The number of carbonyl (C=O) groups is 1. The number of aryl methyl sites for hydroxylation is 1. The van der Waals surface area contributed by atoms with Gasteiger partial charge in [0.15, 0.2) is 0 Å². The van der Waals surface area contributed by atoms with Crippen molar-refractivity contribution in [1.82, 2.24) is 4.98 Å². The number of benzene rings is 3. The summed E-state index contributed by atoms with van der Waals surface area (Å²) in [4.78, 5) is 15.4. The number of amides is 1. The molecule has 0 bridgehead atoms. The van der Waals surface area contributed by atoms with Gasteiger partial charge < -0.3 is 15.2 Å². The number of fused-ring (bicyclic) bond motifs is 1. The zero-order valence-electron chi connectivity index (χ0n) is 16.7. The number of thiazole rings is 1. The third-order valence-electron chi connectivity index (χ3n) is 4.72. The van der Waals surface area contributed by atoms with E-state index in [4.69, 9.17) is 15.2 Å². The first-order chi connectivity index (χ1) is 14.8. The van der Waals surface area contributed by atoms with Crippen molar-refractivity contribution in [3.8, 4) is 22.1 Å². The molecule has 31 heavy (non-hydrogen) atoms. The topological polar surface area (TPSA) is 74.4 Å². The Labute approximate surface area is 181 Å². The summed E-state index contributed by atoms with van der Waals surface area (Å²) in [5.41, 5.74) is 6.89. The second-order valence-electron chi connectivity index (χ2n) is 6.95. The predicted octanol–water partition coefficient (Wildman–Crippen LogP) is 6.15. The number of nitrogens with zero attached hydrogens (tertiary/aromatic N) is 1. The minimum atomic E-state index is -0.875. The Bertz CT molecular complexity index is 1270. The standard InChI is InChI=1S/C23H18F2N2O3S/c1-12-3-9-17(24)20(21(12)25)13(2)29-16-8-10-18-19(11-16)31-22(27-18)14-4-6-15(7-5-14)30-23(26)28/h3-11,13H,1-2H3,(H2,26,28). The van der Waals surface area contributed by atoms with Gasteiger partial charge in [0.1, 0.15) is 34.2 Å². The van der Waals surface area contributed by atoms with Gasteiger partial charge in [0, 0.05) is 5.56 Å². The van der Waals surface area contributed by atoms with E-state index in [1.165, 1.54) is 23.5 Å². The van der Waals surface area contributed by atoms with Crippen LogP contribution in [0, 0.1) is 18.6 Å². The van der Waals surface area contributed by atoms with Gasteiger partial charge in [-0.15, -0.1) is 11.3 Å². The minimum absolute atomic E-state index is 0.0941. The molecule has 3 aromatic carbocycles. The van der Waals surface area contributed by atoms with Gasteiger partial charge in [-0.25, -0.2) is 18.6 Å². The van der Waals surface area contributed by atoms with Crippen LogP contribution in [0.1, 0.15) is 24.2 Å². The Kier molecular flexibility index (Phi) is 5.56. The summed E-state index contributed by atoms with van der Waals surface area (Å²) in [6.07, 6.45) is -1.68. The van der Waals surface area contributed by atoms with Crippen molar-refractivity contribution in [2.45, 2.75) is 20.0 Å². The molecule has 4 rings (SSSR count). The van der Waals surface area contributed by atoms with E-state index >= 15 is 0 Å². The molecular formula is C23H18F2N2O3S. The van der Waals surface area contributed by atoms with Gasteiger partial charge in [-0.1, -0.05) is 6.07 Å². The number of carbonyl (C=O) groups excluding carboxylic acids is 1. The Morgan fingerprint density at radius 3 is 2.48 bits per heavy atom. The number of hydrogen-bond acceptors (Lipinski definition) is 5. The van der Waals surface area contributed by atoms with Crippen LogP contribution in [-0.4, -0.2) is 11.1 Å². The van der Waals surface area contributed by atoms with Crippen molar-refractivity contribution in [1.29, 1.82) is 0 Å². The maximum absolute atomic E-state index is 14.4. The number of halogens is 2. The SMILES string of the molecule is Cc1ccc(F)c(C(C)Oc2ccc3nc(-c4ccc(OC(N)=O)cc4)sc3c2)c1F. The van der Waals surface area contributed by atoms with Crippen molar-refractivity contribution < 1.29 is 23.0 Å². The highest BCUT2D eigenvalue weighted by Crippen LogP contribution is 2.35. The van der Waals surface area contributed by atoms with E-state index in [1.807, 2.05) is 0 Å². The molecular weight excluding hydrogens is 422 g/mol. The third kappa shape index (κ3) is 4.34. The molecule has 2 N–H and O–H groups in total. The van der Waals surface area contributed by atoms with E-state index in [-0.39, 0.29) is 5.56 Å². The van der Waals surface area contributed by atoms with Crippen LogP contribution in [0.5, 0.6) is 11.5 Å². The zero-order valence-corrected chi connectivity index (χ0v) is 17.5. The van der Waals surface area contributed by atoms with Crippen molar-refractivity contribution >= 4 is 27.6 Å². The zero-order chi connectivity index (χ0) is 22.1. The van der Waals surface area contributed by atoms with Gasteiger partial charge in [0.2, 0.25) is 0 Å². The number of primary amides is 1. The lowest BCUT2D eigenvalue weighted by Crippen LogP contribution is -2.16. The largest absolute Gasteiger partial charge is 0.486 e. The Hall–Kier alpha value is -3.52. The van der Waals surface area contributed by atoms with E-state index in [0.717, 1.165) is 20.8 Å². The number of ether oxygens (including phenoxy) is 2. The smallest absolute Gasteiger partial charge is 0.409 e. The van der Waals surface area contributed by atoms with Crippen molar-refractivity contribution in [2.75, 3.05) is 0 Å². The van der Waals surface area contributed by atoms with Crippen molar-refractivity contribution in [2.24, 2.45) is 5.73 Å². The quantitative estimate of drug-likeness (QED) is 0.404. The summed E-state index contributed by atoms with van der Waals surface area (Å²) in [7, 11) is 0. The average molecular weight is 440 g/mol. The number of nitrogens with two attached hydrogens (primary N) is 1. The van der Waals surface area contributed by atoms with E-state index in [9.17, 15) is 13.6 Å². The van der Waals surface area contributed by atoms with Gasteiger partial charge in [-0.3, -0.25) is 0 Å². The van der Waals surface area contributed by atoms with Crippen LogP contribution in [0.3, 0.4) is 0 Å². The predicted molar refractivity (Wildman–Crippen MR) is 115 cm³/mol. The average Bonchev–Trinajstić information content (AvgIpc) is 3.14. The lowest BCUT2D eigenvalue weighted by Gasteiger charge is -2.17. The fraction of sp³-hybridized carbons (Fsp3) is 0.130. The fourth-order valence-corrected chi connectivity index (χ4v) is 4.20. The molecule has 1 heterocycles. The van der Waals surface area contributed by atoms with E-state index in [2.05, 4.69) is 4.98 Å². The highest BCUT2D eigenvalue weighted by molar-refractivity contribution is 7.21. The molecule has 0 aliphatic carbocycles. The molecule has 8 heteroatoms. The maximum atomic E-state index is 14.4. The summed E-state index contributed by atoms with van der Waals surface area (Å²) in [5, 5.41) is 0.765. The van der Waals surface area contributed by atoms with E-state index < -0.39 is 23.8 Å². The van der Waals surface area contributed by atoms with E-state index in [0.29, 0.717) is 17.1 Å². The van der Waals surface area contributed by atoms with Crippen LogP contribution >= 0.6 is 11.3 Å². The molecule has 1 unspecified atom stereocenters. The highest BCUT2D eigenvalue weighted by Gasteiger charge is 2.20. The molecule has 1 aromatic heterocycles. The molecule has 1 atom stereocenters. The molecule has 0 saturated heterocycles. The number of rotatable bonds is 5. The second kappa shape index (κ2) is 8.31. The molecule has 0 aliphatic rings.